The third-order valence-electron chi connectivity index (χ3n) is 3.63. The van der Waals surface area contributed by atoms with E-state index in [-0.39, 0.29) is 32.7 Å². The maximum atomic E-state index is 3.51. The minimum atomic E-state index is 0. The largest absolute Gasteiger partial charge is 0.439 e. The minimum absolute atomic E-state index is 0. The van der Waals surface area contributed by atoms with Gasteiger partial charge in [-0.15, -0.1) is 5.69 Å². The van der Waals surface area contributed by atoms with Crippen LogP contribution in [-0.2, 0) is 32.7 Å². The number of aromatic nitrogens is 1. The summed E-state index contributed by atoms with van der Waals surface area (Å²) < 4.78 is 2.08. The van der Waals surface area contributed by atoms with Gasteiger partial charge >= 0.3 is 0 Å². The monoisotopic (exact) mass is 356 g/mol. The molecule has 0 spiro atoms. The van der Waals surface area contributed by atoms with Crippen molar-refractivity contribution in [3.63, 3.8) is 0 Å². The van der Waals surface area contributed by atoms with E-state index in [1.165, 1.54) is 10.9 Å². The second kappa shape index (κ2) is 6.60. The Morgan fingerprint density at radius 2 is 1.45 bits per heavy atom. The van der Waals surface area contributed by atoms with E-state index in [0.29, 0.717) is 0 Å². The molecule has 1 radical (unpaired) electrons. The Bertz CT molecular complexity index is 806. The molecule has 1 aromatic heterocycles. The zero-order chi connectivity index (χ0) is 14.1. The maximum absolute atomic E-state index is 3.51. The molecule has 0 fully saturated rings. The molecule has 2 heteroatoms. The van der Waals surface area contributed by atoms with Crippen molar-refractivity contribution in [3.05, 3.63) is 91.1 Å². The van der Waals surface area contributed by atoms with Crippen LogP contribution in [0.3, 0.4) is 0 Å². The van der Waals surface area contributed by atoms with Gasteiger partial charge in [-0.05, 0) is 11.7 Å². The van der Waals surface area contributed by atoms with Crippen molar-refractivity contribution in [3.8, 4) is 16.8 Å². The molecule has 0 N–H and O–H groups in total. The van der Waals surface area contributed by atoms with Gasteiger partial charge in [0.25, 0.3) is 0 Å². The SMILES string of the molecule is [Y].[c-]1ccccc1-n1[c-]c(-c2ccccc2)c2ccccc21. The van der Waals surface area contributed by atoms with Crippen LogP contribution in [0.1, 0.15) is 0 Å². The van der Waals surface area contributed by atoms with Crippen LogP contribution in [0.5, 0.6) is 0 Å². The van der Waals surface area contributed by atoms with E-state index in [4.69, 9.17) is 0 Å². The van der Waals surface area contributed by atoms with E-state index in [2.05, 4.69) is 71.4 Å². The van der Waals surface area contributed by atoms with E-state index in [1.54, 1.807) is 0 Å². The molecule has 22 heavy (non-hydrogen) atoms. The van der Waals surface area contributed by atoms with Crippen LogP contribution in [0.2, 0.25) is 0 Å². The number of benzene rings is 3. The Hall–Kier alpha value is -1.70. The van der Waals surface area contributed by atoms with Crippen LogP contribution in [0.4, 0.5) is 0 Å². The van der Waals surface area contributed by atoms with Gasteiger partial charge in [-0.3, -0.25) is 0 Å². The van der Waals surface area contributed by atoms with E-state index in [0.717, 1.165) is 16.8 Å². The van der Waals surface area contributed by atoms with Crippen molar-refractivity contribution < 1.29 is 32.7 Å². The number of fused-ring (bicyclic) bond motifs is 1. The molecule has 0 saturated heterocycles. The standard InChI is InChI=1S/C20H13N.Y/c1-3-9-16(10-4-1)19-15-21(17-11-5-2-6-12-17)20-14-8-7-13-18(19)20;/h1-11,13-14H;/q-2;. The molecule has 103 valence electrons. The first-order chi connectivity index (χ1) is 10.4. The Balaban J connectivity index is 0.00000144. The second-order valence-corrected chi connectivity index (χ2v) is 4.95. The van der Waals surface area contributed by atoms with E-state index in [9.17, 15) is 0 Å². The summed E-state index contributed by atoms with van der Waals surface area (Å²) in [5.74, 6) is 0. The van der Waals surface area contributed by atoms with Crippen molar-refractivity contribution in [2.45, 2.75) is 0 Å². The fourth-order valence-corrected chi connectivity index (χ4v) is 2.65. The molecular weight excluding hydrogens is 343 g/mol. The van der Waals surface area contributed by atoms with E-state index in [1.807, 2.05) is 24.3 Å². The first-order valence-corrected chi connectivity index (χ1v) is 6.99. The summed E-state index contributed by atoms with van der Waals surface area (Å²) in [6, 6.07) is 30.1. The topological polar surface area (TPSA) is 4.93 Å². The predicted octanol–water partition coefficient (Wildman–Crippen LogP) is 4.90. The molecule has 0 aliphatic carbocycles. The fourth-order valence-electron chi connectivity index (χ4n) is 2.65. The molecule has 1 nitrogen and oxygen atoms in total. The summed E-state index contributed by atoms with van der Waals surface area (Å²) in [6.07, 6.45) is 3.51. The van der Waals surface area contributed by atoms with E-state index < -0.39 is 0 Å². The number of hydrogen-bond donors (Lipinski definition) is 0. The molecule has 0 saturated carbocycles. The van der Waals surface area contributed by atoms with Crippen molar-refractivity contribution in [1.82, 2.24) is 4.57 Å². The Morgan fingerprint density at radius 1 is 0.727 bits per heavy atom. The first kappa shape index (κ1) is 15.2. The minimum Gasteiger partial charge on any atom is -0.439 e. The quantitative estimate of drug-likeness (QED) is 0.451. The van der Waals surface area contributed by atoms with Crippen LogP contribution in [0.25, 0.3) is 27.7 Å². The summed E-state index contributed by atoms with van der Waals surface area (Å²) in [4.78, 5) is 0. The van der Waals surface area contributed by atoms with Crippen molar-refractivity contribution >= 4 is 10.9 Å². The van der Waals surface area contributed by atoms with Crippen molar-refractivity contribution in [2.75, 3.05) is 0 Å². The predicted molar refractivity (Wildman–Crippen MR) is 86.4 cm³/mol. The second-order valence-electron chi connectivity index (χ2n) is 4.95. The van der Waals surface area contributed by atoms with Crippen LogP contribution in [0.15, 0.2) is 78.9 Å². The van der Waals surface area contributed by atoms with Crippen LogP contribution in [0, 0.1) is 12.3 Å². The van der Waals surface area contributed by atoms with E-state index >= 15 is 0 Å². The number of rotatable bonds is 2. The van der Waals surface area contributed by atoms with Crippen LogP contribution < -0.4 is 0 Å². The average Bonchev–Trinajstić information content (AvgIpc) is 2.96. The van der Waals surface area contributed by atoms with Gasteiger partial charge in [-0.2, -0.15) is 24.3 Å². The van der Waals surface area contributed by atoms with Crippen molar-refractivity contribution in [1.29, 1.82) is 0 Å². The summed E-state index contributed by atoms with van der Waals surface area (Å²) in [5.41, 5.74) is 4.47. The Kier molecular flexibility index (Phi) is 4.56. The van der Waals surface area contributed by atoms with Crippen LogP contribution in [-0.4, -0.2) is 4.57 Å². The normalized spacial score (nSPS) is 10.4. The smallest absolute Gasteiger partial charge is 0 e. The summed E-state index contributed by atoms with van der Waals surface area (Å²) in [5, 5.41) is 1.21. The molecule has 0 aliphatic rings. The van der Waals surface area contributed by atoms with Gasteiger partial charge in [0, 0.05) is 32.7 Å². The van der Waals surface area contributed by atoms with Crippen molar-refractivity contribution in [2.24, 2.45) is 0 Å². The molecule has 0 bridgehead atoms. The van der Waals surface area contributed by atoms with Gasteiger partial charge in [0.15, 0.2) is 0 Å². The molecule has 3 aromatic carbocycles. The maximum Gasteiger partial charge on any atom is 0 e. The van der Waals surface area contributed by atoms with Gasteiger partial charge in [0.1, 0.15) is 0 Å². The number of para-hydroxylation sites is 2. The molecule has 4 rings (SSSR count). The Morgan fingerprint density at radius 3 is 2.23 bits per heavy atom. The molecule has 1 heterocycles. The average molecular weight is 356 g/mol. The zero-order valence-corrected chi connectivity index (χ0v) is 14.9. The van der Waals surface area contributed by atoms with Gasteiger partial charge in [0.05, 0.1) is 0 Å². The fraction of sp³-hybridized carbons (Fsp3) is 0. The molecule has 0 atom stereocenters. The van der Waals surface area contributed by atoms with Crippen LogP contribution >= 0.6 is 0 Å². The third-order valence-corrected chi connectivity index (χ3v) is 3.63. The zero-order valence-electron chi connectivity index (χ0n) is 12.0. The molecule has 0 aliphatic heterocycles. The first-order valence-electron chi connectivity index (χ1n) is 6.99. The summed E-state index contributed by atoms with van der Waals surface area (Å²) in [6.45, 7) is 0. The summed E-state index contributed by atoms with van der Waals surface area (Å²) >= 11 is 0. The number of nitrogens with zero attached hydrogens (tertiary/aromatic N) is 1. The summed E-state index contributed by atoms with van der Waals surface area (Å²) in [7, 11) is 0. The molecule has 4 aromatic rings. The molecule has 0 amide bonds. The van der Waals surface area contributed by atoms with Gasteiger partial charge in [-0.25, -0.2) is 6.07 Å². The molecular formula is C20H13NY-2. The molecule has 0 unspecified atom stereocenters. The Labute approximate surface area is 155 Å². The van der Waals surface area contributed by atoms with Gasteiger partial charge in [-0.1, -0.05) is 71.1 Å². The third kappa shape index (κ3) is 2.67. The van der Waals surface area contributed by atoms with Gasteiger partial charge < -0.3 is 4.57 Å². The number of hydrogen-bond acceptors (Lipinski definition) is 0. The van der Waals surface area contributed by atoms with Gasteiger partial charge in [0.2, 0.25) is 0 Å².